The quantitative estimate of drug-likeness (QED) is 0.888. The second-order valence-corrected chi connectivity index (χ2v) is 5.37. The van der Waals surface area contributed by atoms with E-state index >= 15 is 0 Å². The van der Waals surface area contributed by atoms with Gasteiger partial charge in [0.25, 0.3) is 0 Å². The topological polar surface area (TPSA) is 52.0 Å². The van der Waals surface area contributed by atoms with Crippen LogP contribution in [0.1, 0.15) is 43.8 Å². The Balaban J connectivity index is 2.36. The molecular formula is C16H24N4O. The van der Waals surface area contributed by atoms with Gasteiger partial charge in [0.15, 0.2) is 0 Å². The summed E-state index contributed by atoms with van der Waals surface area (Å²) in [5, 5.41) is 7.87. The van der Waals surface area contributed by atoms with E-state index in [1.807, 2.05) is 44.8 Å². The molecule has 0 aliphatic rings. The molecule has 0 aliphatic heterocycles. The Hall–Kier alpha value is -1.88. The predicted molar refractivity (Wildman–Crippen MR) is 83.5 cm³/mol. The first-order valence-electron chi connectivity index (χ1n) is 7.38. The first-order valence-corrected chi connectivity index (χ1v) is 7.38. The summed E-state index contributed by atoms with van der Waals surface area (Å²) in [6.07, 6.45) is 3.76. The van der Waals surface area contributed by atoms with Gasteiger partial charge in [0, 0.05) is 12.7 Å². The van der Waals surface area contributed by atoms with E-state index in [1.54, 1.807) is 6.20 Å². The molecule has 114 valence electrons. The molecule has 5 nitrogen and oxygen atoms in total. The van der Waals surface area contributed by atoms with Crippen LogP contribution in [0.4, 0.5) is 0 Å². The minimum atomic E-state index is 0.0503. The van der Waals surface area contributed by atoms with Crippen LogP contribution < -0.4 is 10.1 Å². The first kappa shape index (κ1) is 15.5. The maximum absolute atomic E-state index is 5.73. The molecule has 2 aromatic heterocycles. The standard InChI is InChI=1S/C16H24N4O/c1-6-20-15(7-12(4)19-20)16(17-5)13-8-14(10-18-9-13)21-11(2)3/h7-11,16-17H,6H2,1-5H3. The molecule has 21 heavy (non-hydrogen) atoms. The molecule has 0 radical (unpaired) electrons. The van der Waals surface area contributed by atoms with Crippen molar-refractivity contribution < 1.29 is 4.74 Å². The molecule has 0 aromatic carbocycles. The van der Waals surface area contributed by atoms with Gasteiger partial charge in [-0.05, 0) is 52.4 Å². The van der Waals surface area contributed by atoms with Gasteiger partial charge in [0.2, 0.25) is 0 Å². The fourth-order valence-corrected chi connectivity index (χ4v) is 2.47. The van der Waals surface area contributed by atoms with Crippen LogP contribution in [0.5, 0.6) is 5.75 Å². The average Bonchev–Trinajstić information content (AvgIpc) is 2.80. The normalized spacial score (nSPS) is 12.7. The van der Waals surface area contributed by atoms with Crippen molar-refractivity contribution in [2.45, 2.75) is 46.4 Å². The van der Waals surface area contributed by atoms with E-state index in [0.29, 0.717) is 0 Å². The Labute approximate surface area is 126 Å². The molecule has 0 bridgehead atoms. The molecule has 2 heterocycles. The van der Waals surface area contributed by atoms with Gasteiger partial charge in [-0.15, -0.1) is 0 Å². The molecule has 0 fully saturated rings. The Morgan fingerprint density at radius 3 is 2.67 bits per heavy atom. The first-order chi connectivity index (χ1) is 10.0. The molecule has 1 unspecified atom stereocenters. The van der Waals surface area contributed by atoms with Crippen LogP contribution in [0.25, 0.3) is 0 Å². The summed E-state index contributed by atoms with van der Waals surface area (Å²) >= 11 is 0. The van der Waals surface area contributed by atoms with E-state index in [4.69, 9.17) is 4.74 Å². The molecule has 2 rings (SSSR count). The second-order valence-electron chi connectivity index (χ2n) is 5.37. The van der Waals surface area contributed by atoms with Crippen molar-refractivity contribution in [3.63, 3.8) is 0 Å². The van der Waals surface area contributed by atoms with E-state index < -0.39 is 0 Å². The van der Waals surface area contributed by atoms with Crippen LogP contribution in [0, 0.1) is 6.92 Å². The molecule has 0 spiro atoms. The van der Waals surface area contributed by atoms with Crippen molar-refractivity contribution >= 4 is 0 Å². The summed E-state index contributed by atoms with van der Waals surface area (Å²) in [5.74, 6) is 0.794. The predicted octanol–water partition coefficient (Wildman–Crippen LogP) is 2.70. The maximum atomic E-state index is 5.73. The van der Waals surface area contributed by atoms with Crippen molar-refractivity contribution in [1.29, 1.82) is 0 Å². The number of pyridine rings is 1. The van der Waals surface area contributed by atoms with Gasteiger partial charge in [-0.2, -0.15) is 5.10 Å². The number of hydrogen-bond acceptors (Lipinski definition) is 4. The zero-order valence-corrected chi connectivity index (χ0v) is 13.4. The fourth-order valence-electron chi connectivity index (χ4n) is 2.47. The monoisotopic (exact) mass is 288 g/mol. The van der Waals surface area contributed by atoms with Crippen molar-refractivity contribution in [3.8, 4) is 5.75 Å². The van der Waals surface area contributed by atoms with E-state index in [-0.39, 0.29) is 12.1 Å². The van der Waals surface area contributed by atoms with Crippen LogP contribution in [0.3, 0.4) is 0 Å². The highest BCUT2D eigenvalue weighted by molar-refractivity contribution is 5.32. The van der Waals surface area contributed by atoms with Crippen molar-refractivity contribution in [1.82, 2.24) is 20.1 Å². The Bertz CT molecular complexity index is 592. The molecule has 0 saturated carbocycles. The number of nitrogens with one attached hydrogen (secondary N) is 1. The van der Waals surface area contributed by atoms with E-state index in [2.05, 4.69) is 28.4 Å². The second kappa shape index (κ2) is 6.72. The van der Waals surface area contributed by atoms with Crippen molar-refractivity contribution in [2.24, 2.45) is 0 Å². The maximum Gasteiger partial charge on any atom is 0.138 e. The summed E-state index contributed by atoms with van der Waals surface area (Å²) in [7, 11) is 1.95. The highest BCUT2D eigenvalue weighted by Gasteiger charge is 2.18. The summed E-state index contributed by atoms with van der Waals surface area (Å²) < 4.78 is 7.75. The number of aromatic nitrogens is 3. The lowest BCUT2D eigenvalue weighted by Gasteiger charge is -2.19. The molecule has 1 N–H and O–H groups in total. The third-order valence-corrected chi connectivity index (χ3v) is 3.26. The molecule has 0 saturated heterocycles. The third kappa shape index (κ3) is 3.61. The highest BCUT2D eigenvalue weighted by Crippen LogP contribution is 2.25. The summed E-state index contributed by atoms with van der Waals surface area (Å²) in [4.78, 5) is 4.30. The third-order valence-electron chi connectivity index (χ3n) is 3.26. The van der Waals surface area contributed by atoms with Crippen molar-refractivity contribution in [3.05, 3.63) is 41.5 Å². The Morgan fingerprint density at radius 1 is 1.29 bits per heavy atom. The van der Waals surface area contributed by atoms with Crippen LogP contribution in [0.15, 0.2) is 24.5 Å². The zero-order valence-electron chi connectivity index (χ0n) is 13.4. The molecule has 0 amide bonds. The summed E-state index contributed by atoms with van der Waals surface area (Å²) in [5.41, 5.74) is 3.24. The minimum absolute atomic E-state index is 0.0503. The Kier molecular flexibility index (Phi) is 4.96. The van der Waals surface area contributed by atoms with Crippen LogP contribution in [-0.2, 0) is 6.54 Å². The highest BCUT2D eigenvalue weighted by atomic mass is 16.5. The number of ether oxygens (including phenoxy) is 1. The van der Waals surface area contributed by atoms with Gasteiger partial charge >= 0.3 is 0 Å². The molecule has 0 aliphatic carbocycles. The van der Waals surface area contributed by atoms with Gasteiger partial charge in [-0.3, -0.25) is 9.67 Å². The Morgan fingerprint density at radius 2 is 2.05 bits per heavy atom. The number of hydrogen-bond donors (Lipinski definition) is 1. The minimum Gasteiger partial charge on any atom is -0.489 e. The zero-order chi connectivity index (χ0) is 15.4. The largest absolute Gasteiger partial charge is 0.489 e. The van der Waals surface area contributed by atoms with Gasteiger partial charge in [-0.1, -0.05) is 0 Å². The van der Waals surface area contributed by atoms with Gasteiger partial charge in [-0.25, -0.2) is 0 Å². The van der Waals surface area contributed by atoms with Gasteiger partial charge < -0.3 is 10.1 Å². The molecular weight excluding hydrogens is 264 g/mol. The van der Waals surface area contributed by atoms with E-state index in [9.17, 15) is 0 Å². The number of aryl methyl sites for hydroxylation is 2. The van der Waals surface area contributed by atoms with Crippen LogP contribution >= 0.6 is 0 Å². The van der Waals surface area contributed by atoms with Gasteiger partial charge in [0.1, 0.15) is 5.75 Å². The SMILES string of the molecule is CCn1nc(C)cc1C(NC)c1cncc(OC(C)C)c1. The fraction of sp³-hybridized carbons (Fsp3) is 0.500. The van der Waals surface area contributed by atoms with Crippen LogP contribution in [-0.4, -0.2) is 27.9 Å². The molecule has 1 atom stereocenters. The van der Waals surface area contributed by atoms with E-state index in [0.717, 1.165) is 29.2 Å². The average molecular weight is 288 g/mol. The lowest BCUT2D eigenvalue weighted by molar-refractivity contribution is 0.241. The van der Waals surface area contributed by atoms with E-state index in [1.165, 1.54) is 0 Å². The molecule has 5 heteroatoms. The lowest BCUT2D eigenvalue weighted by Crippen LogP contribution is -2.21. The summed E-state index contributed by atoms with van der Waals surface area (Å²) in [6.45, 7) is 8.98. The summed E-state index contributed by atoms with van der Waals surface area (Å²) in [6, 6.07) is 4.20. The van der Waals surface area contributed by atoms with Crippen molar-refractivity contribution in [2.75, 3.05) is 7.05 Å². The van der Waals surface area contributed by atoms with Crippen LogP contribution in [0.2, 0.25) is 0 Å². The number of nitrogens with zero attached hydrogens (tertiary/aromatic N) is 3. The molecule has 2 aromatic rings. The number of rotatable bonds is 6. The smallest absolute Gasteiger partial charge is 0.138 e. The van der Waals surface area contributed by atoms with Gasteiger partial charge in [0.05, 0.1) is 29.7 Å². The lowest BCUT2D eigenvalue weighted by atomic mass is 10.1.